The first-order chi connectivity index (χ1) is 14.1. The number of hydrogen-bond donors (Lipinski definition) is 1. The summed E-state index contributed by atoms with van der Waals surface area (Å²) in [5.41, 5.74) is 7.15. The summed E-state index contributed by atoms with van der Waals surface area (Å²) in [6.45, 7) is 2.15. The normalized spacial score (nSPS) is 15.3. The van der Waals surface area contributed by atoms with Crippen molar-refractivity contribution in [2.45, 2.75) is 16.6 Å². The fourth-order valence-corrected chi connectivity index (χ4v) is 4.65. The zero-order valence-electron chi connectivity index (χ0n) is 15.0. The number of nitrogens with zero attached hydrogens (tertiary/aromatic N) is 5. The minimum Gasteiger partial charge on any atom is -0.454 e. The molecule has 0 saturated carbocycles. The van der Waals surface area contributed by atoms with Gasteiger partial charge in [0, 0.05) is 22.5 Å². The molecule has 10 nitrogen and oxygen atoms in total. The van der Waals surface area contributed by atoms with Gasteiger partial charge in [-0.3, -0.25) is 0 Å². The summed E-state index contributed by atoms with van der Waals surface area (Å²) in [6, 6.07) is 3.76. The van der Waals surface area contributed by atoms with Crippen molar-refractivity contribution in [3.63, 3.8) is 0 Å². The molecule has 150 valence electrons. The van der Waals surface area contributed by atoms with E-state index in [0.29, 0.717) is 59.9 Å². The monoisotopic (exact) mass is 478 g/mol. The standard InChI is InChI=1S/C17H15BrN6O4S/c18-9-5-10-11(28-8-27-10)6-12(9)29-16-22-13-14(19)20-7-21-15(13)24(16)2-1-23-3-4-26-17(23)25/h5-7H,1-4,8H2,(H2,19,20,21). The highest BCUT2D eigenvalue weighted by Gasteiger charge is 2.24. The Kier molecular flexibility index (Phi) is 4.59. The molecule has 1 saturated heterocycles. The van der Waals surface area contributed by atoms with Gasteiger partial charge in [0.2, 0.25) is 6.79 Å². The number of amides is 1. The molecule has 1 amide bonds. The van der Waals surface area contributed by atoms with E-state index < -0.39 is 0 Å². The van der Waals surface area contributed by atoms with Crippen LogP contribution < -0.4 is 15.2 Å². The van der Waals surface area contributed by atoms with Crippen LogP contribution in [0.15, 0.2) is 33.0 Å². The highest BCUT2D eigenvalue weighted by Crippen LogP contribution is 2.43. The van der Waals surface area contributed by atoms with Gasteiger partial charge in [-0.1, -0.05) is 11.8 Å². The number of nitrogens with two attached hydrogens (primary N) is 1. The summed E-state index contributed by atoms with van der Waals surface area (Å²) in [5.74, 6) is 1.68. The predicted octanol–water partition coefficient (Wildman–Crippen LogP) is 2.50. The average molecular weight is 479 g/mol. The van der Waals surface area contributed by atoms with Gasteiger partial charge in [-0.2, -0.15) is 0 Å². The zero-order chi connectivity index (χ0) is 20.0. The number of nitrogen functional groups attached to an aromatic ring is 1. The smallest absolute Gasteiger partial charge is 0.410 e. The lowest BCUT2D eigenvalue weighted by molar-refractivity contribution is 0.157. The molecule has 0 spiro atoms. The van der Waals surface area contributed by atoms with Crippen molar-refractivity contribution in [1.82, 2.24) is 24.4 Å². The topological polar surface area (TPSA) is 118 Å². The van der Waals surface area contributed by atoms with Gasteiger partial charge in [-0.25, -0.2) is 19.7 Å². The molecule has 4 heterocycles. The van der Waals surface area contributed by atoms with E-state index >= 15 is 0 Å². The van der Waals surface area contributed by atoms with E-state index in [1.165, 1.54) is 18.1 Å². The van der Waals surface area contributed by atoms with Crippen LogP contribution in [0.25, 0.3) is 11.2 Å². The summed E-state index contributed by atoms with van der Waals surface area (Å²) in [7, 11) is 0. The van der Waals surface area contributed by atoms with Gasteiger partial charge in [0.1, 0.15) is 12.9 Å². The van der Waals surface area contributed by atoms with Crippen molar-refractivity contribution in [2.75, 3.05) is 32.2 Å². The highest BCUT2D eigenvalue weighted by atomic mass is 79.9. The first kappa shape index (κ1) is 18.3. The Labute approximate surface area is 177 Å². The van der Waals surface area contributed by atoms with E-state index in [1.54, 1.807) is 4.90 Å². The van der Waals surface area contributed by atoms with Crippen LogP contribution in [-0.2, 0) is 11.3 Å². The molecule has 2 N–H and O–H groups in total. The third kappa shape index (κ3) is 3.31. The number of carbonyl (C=O) groups is 1. The number of ether oxygens (including phenoxy) is 3. The van der Waals surface area contributed by atoms with Crippen LogP contribution in [0.2, 0.25) is 0 Å². The number of benzene rings is 1. The quantitative estimate of drug-likeness (QED) is 0.589. The number of halogens is 1. The molecule has 5 rings (SSSR count). The van der Waals surface area contributed by atoms with E-state index in [4.69, 9.17) is 19.9 Å². The number of cyclic esters (lactones) is 1. The van der Waals surface area contributed by atoms with E-state index in [1.807, 2.05) is 16.7 Å². The van der Waals surface area contributed by atoms with Gasteiger partial charge in [-0.15, -0.1) is 0 Å². The fourth-order valence-electron chi connectivity index (χ4n) is 3.14. The summed E-state index contributed by atoms with van der Waals surface area (Å²) in [4.78, 5) is 27.4. The molecular weight excluding hydrogens is 464 g/mol. The van der Waals surface area contributed by atoms with Gasteiger partial charge in [-0.05, 0) is 28.1 Å². The molecule has 1 aromatic carbocycles. The molecule has 0 unspecified atom stereocenters. The number of fused-ring (bicyclic) bond motifs is 2. The Morgan fingerprint density at radius 2 is 2.00 bits per heavy atom. The second kappa shape index (κ2) is 7.26. The van der Waals surface area contributed by atoms with Gasteiger partial charge in [0.05, 0.1) is 6.54 Å². The van der Waals surface area contributed by atoms with Crippen LogP contribution in [-0.4, -0.2) is 57.0 Å². The van der Waals surface area contributed by atoms with Crippen LogP contribution in [0.4, 0.5) is 10.6 Å². The highest BCUT2D eigenvalue weighted by molar-refractivity contribution is 9.10. The van der Waals surface area contributed by atoms with E-state index in [2.05, 4.69) is 30.9 Å². The lowest BCUT2D eigenvalue weighted by atomic mass is 10.3. The molecule has 12 heteroatoms. The number of anilines is 1. The zero-order valence-corrected chi connectivity index (χ0v) is 17.4. The fraction of sp³-hybridized carbons (Fsp3) is 0.294. The van der Waals surface area contributed by atoms with Crippen molar-refractivity contribution < 1.29 is 19.0 Å². The molecule has 0 atom stereocenters. The molecule has 1 fully saturated rings. The van der Waals surface area contributed by atoms with Gasteiger partial charge < -0.3 is 29.4 Å². The predicted molar refractivity (Wildman–Crippen MR) is 107 cm³/mol. The van der Waals surface area contributed by atoms with E-state index in [9.17, 15) is 4.79 Å². The van der Waals surface area contributed by atoms with E-state index in [-0.39, 0.29) is 12.9 Å². The van der Waals surface area contributed by atoms with Crippen molar-refractivity contribution in [2.24, 2.45) is 0 Å². The van der Waals surface area contributed by atoms with Crippen molar-refractivity contribution in [3.05, 3.63) is 22.9 Å². The minimum atomic E-state index is -0.309. The Hall–Kier alpha value is -2.73. The second-order valence-electron chi connectivity index (χ2n) is 6.32. The first-order valence-corrected chi connectivity index (χ1v) is 10.4. The number of carbonyl (C=O) groups excluding carboxylic acids is 1. The van der Waals surface area contributed by atoms with Crippen LogP contribution in [0, 0.1) is 0 Å². The number of imidazole rings is 1. The molecule has 2 aromatic heterocycles. The van der Waals surface area contributed by atoms with Crippen molar-refractivity contribution >= 4 is 50.8 Å². The maximum atomic E-state index is 11.8. The molecule has 2 aliphatic rings. The number of hydrogen-bond acceptors (Lipinski definition) is 9. The summed E-state index contributed by atoms with van der Waals surface area (Å²) >= 11 is 5.01. The van der Waals surface area contributed by atoms with Crippen LogP contribution in [0.1, 0.15) is 0 Å². The Morgan fingerprint density at radius 3 is 2.79 bits per heavy atom. The maximum Gasteiger partial charge on any atom is 0.410 e. The van der Waals surface area contributed by atoms with Crippen LogP contribution >= 0.6 is 27.7 Å². The van der Waals surface area contributed by atoms with Gasteiger partial charge in [0.25, 0.3) is 0 Å². The SMILES string of the molecule is Nc1ncnc2c1nc(Sc1cc3c(cc1Br)OCO3)n2CCN1CCOC1=O. The van der Waals surface area contributed by atoms with Crippen molar-refractivity contribution in [1.29, 1.82) is 0 Å². The average Bonchev–Trinajstić information content (AvgIpc) is 3.40. The number of rotatable bonds is 5. The molecule has 3 aromatic rings. The maximum absolute atomic E-state index is 11.8. The molecule has 0 bridgehead atoms. The molecule has 0 radical (unpaired) electrons. The molecular formula is C17H15BrN6O4S. The molecule has 0 aliphatic carbocycles. The van der Waals surface area contributed by atoms with Crippen LogP contribution in [0.3, 0.4) is 0 Å². The lowest BCUT2D eigenvalue weighted by Crippen LogP contribution is -2.28. The van der Waals surface area contributed by atoms with Gasteiger partial charge in [0.15, 0.2) is 33.6 Å². The lowest BCUT2D eigenvalue weighted by Gasteiger charge is -2.14. The van der Waals surface area contributed by atoms with Crippen LogP contribution in [0.5, 0.6) is 11.5 Å². The molecule has 2 aliphatic heterocycles. The third-order valence-corrected chi connectivity index (χ3v) is 6.56. The number of aromatic nitrogens is 4. The molecule has 29 heavy (non-hydrogen) atoms. The van der Waals surface area contributed by atoms with Gasteiger partial charge >= 0.3 is 6.09 Å². The summed E-state index contributed by atoms with van der Waals surface area (Å²) in [6.07, 6.45) is 1.10. The van der Waals surface area contributed by atoms with Crippen molar-refractivity contribution in [3.8, 4) is 11.5 Å². The Bertz CT molecular complexity index is 1120. The second-order valence-corrected chi connectivity index (χ2v) is 8.18. The largest absolute Gasteiger partial charge is 0.454 e. The Morgan fingerprint density at radius 1 is 1.17 bits per heavy atom. The summed E-state index contributed by atoms with van der Waals surface area (Å²) in [5, 5.41) is 0.680. The third-order valence-electron chi connectivity index (χ3n) is 4.59. The minimum absolute atomic E-state index is 0.201. The van der Waals surface area contributed by atoms with E-state index in [0.717, 1.165) is 9.37 Å². The Balaban J connectivity index is 1.51. The first-order valence-electron chi connectivity index (χ1n) is 8.75. The summed E-state index contributed by atoms with van der Waals surface area (Å²) < 4.78 is 18.7.